The molecule has 0 heterocycles. The van der Waals surface area contributed by atoms with Crippen LogP contribution in [0.2, 0.25) is 0 Å². The highest BCUT2D eigenvalue weighted by Gasteiger charge is 2.02. The summed E-state index contributed by atoms with van der Waals surface area (Å²) in [6, 6.07) is 6.34. The normalized spacial score (nSPS) is 10.6. The van der Waals surface area contributed by atoms with E-state index in [-0.39, 0.29) is 5.91 Å². The topological polar surface area (TPSA) is 41.1 Å². The van der Waals surface area contributed by atoms with E-state index >= 15 is 0 Å². The van der Waals surface area contributed by atoms with Crippen molar-refractivity contribution >= 4 is 11.6 Å². The van der Waals surface area contributed by atoms with Gasteiger partial charge in [0.15, 0.2) is 0 Å². The standard InChI is InChI=1S/C16H26N2O/c1-12(2)5-7-18-16(19)6-8-17-15-10-13(3)9-14(4)11-15/h9-12,17H,5-8H2,1-4H3,(H,18,19). The van der Waals surface area contributed by atoms with Gasteiger partial charge in [-0.25, -0.2) is 0 Å². The van der Waals surface area contributed by atoms with Gasteiger partial charge in [0.2, 0.25) is 5.91 Å². The van der Waals surface area contributed by atoms with Crippen molar-refractivity contribution in [2.75, 3.05) is 18.4 Å². The van der Waals surface area contributed by atoms with Crippen LogP contribution in [0.5, 0.6) is 0 Å². The minimum atomic E-state index is 0.123. The van der Waals surface area contributed by atoms with E-state index in [1.54, 1.807) is 0 Å². The Morgan fingerprint density at radius 1 is 1.11 bits per heavy atom. The average molecular weight is 262 g/mol. The molecule has 1 amide bonds. The molecule has 1 rings (SSSR count). The second kappa shape index (κ2) is 7.82. The molecule has 0 aromatic heterocycles. The van der Waals surface area contributed by atoms with Gasteiger partial charge >= 0.3 is 0 Å². The van der Waals surface area contributed by atoms with E-state index in [0.717, 1.165) is 18.7 Å². The van der Waals surface area contributed by atoms with E-state index in [1.165, 1.54) is 11.1 Å². The minimum Gasteiger partial charge on any atom is -0.385 e. The predicted molar refractivity (Wildman–Crippen MR) is 81.5 cm³/mol. The van der Waals surface area contributed by atoms with Crippen LogP contribution in [-0.2, 0) is 4.79 Å². The fourth-order valence-corrected chi connectivity index (χ4v) is 1.99. The Kier molecular flexibility index (Phi) is 6.40. The second-order valence-electron chi connectivity index (χ2n) is 5.59. The molecule has 0 bridgehead atoms. The Morgan fingerprint density at radius 3 is 2.32 bits per heavy atom. The molecule has 0 atom stereocenters. The number of carbonyl (C=O) groups is 1. The number of hydrogen-bond acceptors (Lipinski definition) is 2. The zero-order valence-corrected chi connectivity index (χ0v) is 12.5. The van der Waals surface area contributed by atoms with Crippen LogP contribution in [0.15, 0.2) is 18.2 Å². The Balaban J connectivity index is 2.24. The molecule has 1 aromatic carbocycles. The molecular formula is C16H26N2O. The summed E-state index contributed by atoms with van der Waals surface area (Å²) in [6.07, 6.45) is 1.56. The number of anilines is 1. The molecular weight excluding hydrogens is 236 g/mol. The highest BCUT2D eigenvalue weighted by molar-refractivity contribution is 5.76. The van der Waals surface area contributed by atoms with Gasteiger partial charge in [-0.05, 0) is 49.4 Å². The van der Waals surface area contributed by atoms with Gasteiger partial charge in [-0.1, -0.05) is 19.9 Å². The van der Waals surface area contributed by atoms with Gasteiger partial charge in [0.05, 0.1) is 0 Å². The molecule has 19 heavy (non-hydrogen) atoms. The fraction of sp³-hybridized carbons (Fsp3) is 0.562. The lowest BCUT2D eigenvalue weighted by molar-refractivity contribution is -0.120. The van der Waals surface area contributed by atoms with Gasteiger partial charge in [-0.3, -0.25) is 4.79 Å². The Bertz CT molecular complexity index is 393. The van der Waals surface area contributed by atoms with Crippen molar-refractivity contribution < 1.29 is 4.79 Å². The summed E-state index contributed by atoms with van der Waals surface area (Å²) < 4.78 is 0. The third kappa shape index (κ3) is 6.85. The number of carbonyl (C=O) groups excluding carboxylic acids is 1. The molecule has 0 saturated carbocycles. The van der Waals surface area contributed by atoms with E-state index in [4.69, 9.17) is 0 Å². The van der Waals surface area contributed by atoms with Crippen molar-refractivity contribution in [3.8, 4) is 0 Å². The van der Waals surface area contributed by atoms with Gasteiger partial charge in [-0.15, -0.1) is 0 Å². The number of amides is 1. The van der Waals surface area contributed by atoms with E-state index in [1.807, 2.05) is 0 Å². The van der Waals surface area contributed by atoms with Crippen molar-refractivity contribution in [1.29, 1.82) is 0 Å². The molecule has 0 aliphatic heterocycles. The first kappa shape index (κ1) is 15.5. The van der Waals surface area contributed by atoms with Crippen LogP contribution >= 0.6 is 0 Å². The maximum absolute atomic E-state index is 11.6. The Hall–Kier alpha value is -1.51. The van der Waals surface area contributed by atoms with Crippen LogP contribution in [0.4, 0.5) is 5.69 Å². The third-order valence-corrected chi connectivity index (χ3v) is 2.95. The number of hydrogen-bond donors (Lipinski definition) is 2. The minimum absolute atomic E-state index is 0.123. The zero-order chi connectivity index (χ0) is 14.3. The first-order valence-corrected chi connectivity index (χ1v) is 7.06. The summed E-state index contributed by atoms with van der Waals surface area (Å²) in [6.45, 7) is 9.94. The van der Waals surface area contributed by atoms with Crippen LogP contribution < -0.4 is 10.6 Å². The molecule has 1 aromatic rings. The van der Waals surface area contributed by atoms with E-state index in [0.29, 0.717) is 18.9 Å². The molecule has 0 saturated heterocycles. The highest BCUT2D eigenvalue weighted by Crippen LogP contribution is 2.13. The van der Waals surface area contributed by atoms with E-state index in [2.05, 4.69) is 56.5 Å². The fourth-order valence-electron chi connectivity index (χ4n) is 1.99. The number of nitrogens with one attached hydrogen (secondary N) is 2. The van der Waals surface area contributed by atoms with Crippen LogP contribution in [-0.4, -0.2) is 19.0 Å². The lowest BCUT2D eigenvalue weighted by Gasteiger charge is -2.10. The van der Waals surface area contributed by atoms with E-state index in [9.17, 15) is 4.79 Å². The molecule has 3 heteroatoms. The van der Waals surface area contributed by atoms with Crippen molar-refractivity contribution in [1.82, 2.24) is 5.32 Å². The van der Waals surface area contributed by atoms with Gasteiger partial charge in [0.25, 0.3) is 0 Å². The first-order valence-electron chi connectivity index (χ1n) is 7.06. The summed E-state index contributed by atoms with van der Waals surface area (Å²) in [5.41, 5.74) is 3.57. The summed E-state index contributed by atoms with van der Waals surface area (Å²) in [4.78, 5) is 11.6. The largest absolute Gasteiger partial charge is 0.385 e. The Morgan fingerprint density at radius 2 is 1.74 bits per heavy atom. The molecule has 0 radical (unpaired) electrons. The van der Waals surface area contributed by atoms with Crippen molar-refractivity contribution in [3.05, 3.63) is 29.3 Å². The molecule has 0 unspecified atom stereocenters. The molecule has 3 nitrogen and oxygen atoms in total. The SMILES string of the molecule is Cc1cc(C)cc(NCCC(=O)NCCC(C)C)c1. The molecule has 2 N–H and O–H groups in total. The van der Waals surface area contributed by atoms with Gasteiger partial charge in [-0.2, -0.15) is 0 Å². The maximum Gasteiger partial charge on any atom is 0.221 e. The number of aryl methyl sites for hydroxylation is 2. The third-order valence-electron chi connectivity index (χ3n) is 2.95. The van der Waals surface area contributed by atoms with Gasteiger partial charge in [0.1, 0.15) is 0 Å². The maximum atomic E-state index is 11.6. The number of benzene rings is 1. The molecule has 0 aliphatic rings. The van der Waals surface area contributed by atoms with Crippen LogP contribution in [0.25, 0.3) is 0 Å². The van der Waals surface area contributed by atoms with Crippen LogP contribution in [0.1, 0.15) is 37.8 Å². The van der Waals surface area contributed by atoms with Gasteiger partial charge < -0.3 is 10.6 Å². The smallest absolute Gasteiger partial charge is 0.221 e. The molecule has 106 valence electrons. The first-order chi connectivity index (χ1) is 8.97. The summed E-state index contributed by atoms with van der Waals surface area (Å²) in [7, 11) is 0. The van der Waals surface area contributed by atoms with Crippen molar-refractivity contribution in [2.24, 2.45) is 5.92 Å². The van der Waals surface area contributed by atoms with Crippen LogP contribution in [0, 0.1) is 19.8 Å². The second-order valence-corrected chi connectivity index (χ2v) is 5.59. The summed E-state index contributed by atoms with van der Waals surface area (Å²) >= 11 is 0. The van der Waals surface area contributed by atoms with Gasteiger partial charge in [0, 0.05) is 25.2 Å². The van der Waals surface area contributed by atoms with E-state index < -0.39 is 0 Å². The van der Waals surface area contributed by atoms with Crippen molar-refractivity contribution in [2.45, 2.75) is 40.5 Å². The summed E-state index contributed by atoms with van der Waals surface area (Å²) in [5.74, 6) is 0.756. The lowest BCUT2D eigenvalue weighted by Crippen LogP contribution is -2.27. The Labute approximate surface area is 116 Å². The summed E-state index contributed by atoms with van der Waals surface area (Å²) in [5, 5.41) is 6.24. The average Bonchev–Trinajstić information content (AvgIpc) is 2.27. The predicted octanol–water partition coefficient (Wildman–Crippen LogP) is 3.27. The molecule has 0 spiro atoms. The molecule has 0 fully saturated rings. The lowest BCUT2D eigenvalue weighted by atomic mass is 10.1. The van der Waals surface area contributed by atoms with Crippen LogP contribution in [0.3, 0.4) is 0 Å². The quantitative estimate of drug-likeness (QED) is 0.792. The molecule has 0 aliphatic carbocycles. The number of rotatable bonds is 7. The van der Waals surface area contributed by atoms with Crippen molar-refractivity contribution in [3.63, 3.8) is 0 Å². The zero-order valence-electron chi connectivity index (χ0n) is 12.5. The highest BCUT2D eigenvalue weighted by atomic mass is 16.1. The monoisotopic (exact) mass is 262 g/mol.